The molecule has 1 aromatic rings. The Hall–Kier alpha value is -1.11. The van der Waals surface area contributed by atoms with Crippen LogP contribution in [0.25, 0.3) is 0 Å². The minimum Gasteiger partial charge on any atom is -0.473 e. The normalized spacial score (nSPS) is 13.8. The minimum atomic E-state index is -1.39. The number of aliphatic hydroxyl groups excluding tert-OH is 1. The van der Waals surface area contributed by atoms with Gasteiger partial charge in [-0.25, -0.2) is 4.79 Å². The maximum Gasteiger partial charge on any atom is 0.352 e. The molecule has 0 saturated carbocycles. The molecule has 0 bridgehead atoms. The highest BCUT2D eigenvalue weighted by Crippen LogP contribution is 2.24. The van der Waals surface area contributed by atoms with Gasteiger partial charge < -0.3 is 19.3 Å². The largest absolute Gasteiger partial charge is 0.473 e. The summed E-state index contributed by atoms with van der Waals surface area (Å²) < 4.78 is 15.5. The molecule has 0 aliphatic carbocycles. The van der Waals surface area contributed by atoms with E-state index in [0.717, 1.165) is 10.0 Å². The number of benzene rings is 1. The lowest BCUT2D eigenvalue weighted by molar-refractivity contribution is -0.177. The van der Waals surface area contributed by atoms with E-state index in [9.17, 15) is 9.90 Å². The van der Waals surface area contributed by atoms with Crippen molar-refractivity contribution in [3.63, 3.8) is 0 Å². The first kappa shape index (κ1) is 14.9. The molecular formula is C12H15BrO5. The van der Waals surface area contributed by atoms with Gasteiger partial charge in [0.25, 0.3) is 0 Å². The molecular weight excluding hydrogens is 304 g/mol. The van der Waals surface area contributed by atoms with E-state index >= 15 is 0 Å². The number of carbonyl (C=O) groups excluding carboxylic acids is 1. The van der Waals surface area contributed by atoms with Gasteiger partial charge in [-0.2, -0.15) is 0 Å². The molecule has 0 amide bonds. The summed E-state index contributed by atoms with van der Waals surface area (Å²) in [5.74, 6) is -0.236. The Labute approximate surface area is 114 Å². The maximum atomic E-state index is 11.5. The highest BCUT2D eigenvalue weighted by Gasteiger charge is 2.30. The Morgan fingerprint density at radius 2 is 2.06 bits per heavy atom. The third kappa shape index (κ3) is 3.69. The number of hydrogen-bond donors (Lipinski definition) is 1. The molecule has 2 unspecified atom stereocenters. The molecule has 0 fully saturated rings. The third-order valence-corrected chi connectivity index (χ3v) is 2.83. The smallest absolute Gasteiger partial charge is 0.352 e. The predicted octanol–water partition coefficient (Wildman–Crippen LogP) is 1.64. The quantitative estimate of drug-likeness (QED) is 0.660. The van der Waals surface area contributed by atoms with E-state index in [1.54, 1.807) is 6.07 Å². The zero-order valence-electron chi connectivity index (χ0n) is 10.3. The highest BCUT2D eigenvalue weighted by atomic mass is 79.9. The van der Waals surface area contributed by atoms with Crippen LogP contribution in [0.1, 0.15) is 5.56 Å². The topological polar surface area (TPSA) is 65.0 Å². The van der Waals surface area contributed by atoms with Crippen LogP contribution in [0.4, 0.5) is 0 Å². The summed E-state index contributed by atoms with van der Waals surface area (Å²) in [4.78, 5) is 11.5. The second kappa shape index (κ2) is 6.72. The summed E-state index contributed by atoms with van der Waals surface area (Å²) in [5, 5.41) is 9.58. The molecule has 0 aliphatic heterocycles. The van der Waals surface area contributed by atoms with Crippen LogP contribution in [0.5, 0.6) is 5.75 Å². The summed E-state index contributed by atoms with van der Waals surface area (Å²) in [5.41, 5.74) is 0.829. The number of ether oxygens (including phenoxy) is 3. The van der Waals surface area contributed by atoms with Gasteiger partial charge in [-0.15, -0.1) is 0 Å². The van der Waals surface area contributed by atoms with Crippen LogP contribution < -0.4 is 4.74 Å². The molecule has 0 heterocycles. The highest BCUT2D eigenvalue weighted by molar-refractivity contribution is 9.10. The van der Waals surface area contributed by atoms with Crippen LogP contribution >= 0.6 is 15.9 Å². The molecule has 0 aromatic heterocycles. The van der Waals surface area contributed by atoms with E-state index in [0.29, 0.717) is 5.75 Å². The molecule has 100 valence electrons. The first-order valence-corrected chi connectivity index (χ1v) is 6.00. The van der Waals surface area contributed by atoms with Crippen molar-refractivity contribution in [3.8, 4) is 5.75 Å². The molecule has 1 aromatic carbocycles. The fourth-order valence-electron chi connectivity index (χ4n) is 1.30. The summed E-state index contributed by atoms with van der Waals surface area (Å²) >= 11 is 3.30. The van der Waals surface area contributed by atoms with Crippen molar-refractivity contribution in [2.45, 2.75) is 19.3 Å². The van der Waals surface area contributed by atoms with Gasteiger partial charge >= 0.3 is 5.97 Å². The fourth-order valence-corrected chi connectivity index (χ4v) is 1.64. The van der Waals surface area contributed by atoms with Crippen molar-refractivity contribution in [2.24, 2.45) is 0 Å². The Bertz CT molecular complexity index is 421. The van der Waals surface area contributed by atoms with E-state index in [2.05, 4.69) is 20.7 Å². The van der Waals surface area contributed by atoms with Gasteiger partial charge in [0.1, 0.15) is 5.75 Å². The molecule has 1 rings (SSSR count). The molecule has 0 aliphatic rings. The van der Waals surface area contributed by atoms with Crippen LogP contribution in [0.15, 0.2) is 22.7 Å². The Morgan fingerprint density at radius 1 is 1.39 bits per heavy atom. The van der Waals surface area contributed by atoms with Crippen molar-refractivity contribution >= 4 is 21.9 Å². The SMILES string of the molecule is COC(=O)C(Oc1cc(Br)ccc1C)C(O)OC. The van der Waals surface area contributed by atoms with Crippen molar-refractivity contribution in [2.75, 3.05) is 14.2 Å². The summed E-state index contributed by atoms with van der Waals surface area (Å²) in [7, 11) is 2.49. The molecule has 0 spiro atoms. The number of aryl methyl sites for hydroxylation is 1. The van der Waals surface area contributed by atoms with Crippen LogP contribution in [0, 0.1) is 6.92 Å². The second-order valence-electron chi connectivity index (χ2n) is 3.60. The van der Waals surface area contributed by atoms with Crippen molar-refractivity contribution in [1.82, 2.24) is 0 Å². The summed E-state index contributed by atoms with van der Waals surface area (Å²) in [6, 6.07) is 5.38. The molecule has 2 atom stereocenters. The van der Waals surface area contributed by atoms with E-state index in [1.165, 1.54) is 14.2 Å². The fraction of sp³-hybridized carbons (Fsp3) is 0.417. The van der Waals surface area contributed by atoms with E-state index in [4.69, 9.17) is 9.47 Å². The van der Waals surface area contributed by atoms with Crippen LogP contribution in [0.2, 0.25) is 0 Å². The third-order valence-electron chi connectivity index (χ3n) is 2.34. The van der Waals surface area contributed by atoms with Gasteiger partial charge in [0.05, 0.1) is 7.11 Å². The van der Waals surface area contributed by atoms with Gasteiger partial charge in [-0.3, -0.25) is 0 Å². The van der Waals surface area contributed by atoms with Crippen LogP contribution in [-0.2, 0) is 14.3 Å². The summed E-state index contributed by atoms with van der Waals surface area (Å²) in [6.45, 7) is 1.83. The van der Waals surface area contributed by atoms with Crippen LogP contribution in [0.3, 0.4) is 0 Å². The van der Waals surface area contributed by atoms with Gasteiger partial charge in [0, 0.05) is 11.6 Å². The molecule has 0 radical (unpaired) electrons. The van der Waals surface area contributed by atoms with E-state index in [-0.39, 0.29) is 0 Å². The first-order chi connectivity index (χ1) is 8.49. The minimum absolute atomic E-state index is 0.468. The van der Waals surface area contributed by atoms with E-state index < -0.39 is 18.4 Å². The number of carbonyl (C=O) groups is 1. The maximum absolute atomic E-state index is 11.5. The van der Waals surface area contributed by atoms with Crippen molar-refractivity contribution < 1.29 is 24.1 Å². The zero-order valence-corrected chi connectivity index (χ0v) is 11.9. The first-order valence-electron chi connectivity index (χ1n) is 5.21. The molecule has 1 N–H and O–H groups in total. The number of methoxy groups -OCH3 is 2. The number of halogens is 1. The van der Waals surface area contributed by atoms with Gasteiger partial charge in [-0.1, -0.05) is 22.0 Å². The lowest BCUT2D eigenvalue weighted by Gasteiger charge is -2.21. The molecule has 18 heavy (non-hydrogen) atoms. The Morgan fingerprint density at radius 3 is 2.61 bits per heavy atom. The number of esters is 1. The van der Waals surface area contributed by atoms with E-state index in [1.807, 2.05) is 19.1 Å². The van der Waals surface area contributed by atoms with Gasteiger partial charge in [0.15, 0.2) is 0 Å². The molecule has 6 heteroatoms. The predicted molar refractivity (Wildman–Crippen MR) is 68.3 cm³/mol. The van der Waals surface area contributed by atoms with Crippen molar-refractivity contribution in [1.29, 1.82) is 0 Å². The number of rotatable bonds is 5. The molecule has 5 nitrogen and oxygen atoms in total. The lowest BCUT2D eigenvalue weighted by atomic mass is 10.2. The standard InChI is InChI=1S/C12H15BrO5/c1-7-4-5-8(13)6-9(7)18-10(11(14)16-2)12(15)17-3/h4-6,10-11,14H,1-3H3. The van der Waals surface area contributed by atoms with Crippen molar-refractivity contribution in [3.05, 3.63) is 28.2 Å². The van der Waals surface area contributed by atoms with Crippen LogP contribution in [-0.4, -0.2) is 37.7 Å². The monoisotopic (exact) mass is 318 g/mol. The average molecular weight is 319 g/mol. The average Bonchev–Trinajstić information content (AvgIpc) is 2.38. The summed E-state index contributed by atoms with van der Waals surface area (Å²) in [6.07, 6.45) is -2.62. The number of aliphatic hydroxyl groups is 1. The second-order valence-corrected chi connectivity index (χ2v) is 4.51. The van der Waals surface area contributed by atoms with Gasteiger partial charge in [0.2, 0.25) is 12.4 Å². The zero-order chi connectivity index (χ0) is 13.7. The number of hydrogen-bond acceptors (Lipinski definition) is 5. The Balaban J connectivity index is 2.95. The Kier molecular flexibility index (Phi) is 5.58. The lowest BCUT2D eigenvalue weighted by Crippen LogP contribution is -2.41. The molecule has 0 saturated heterocycles. The van der Waals surface area contributed by atoms with Gasteiger partial charge in [-0.05, 0) is 24.6 Å².